The molecule has 6 heteroatoms. The SMILES string of the molecule is CCOC(=O)C1=CC(=O)n2c1csc2=NC(c1ccccc1)(c1ccccc1)c1ccccc1. The van der Waals surface area contributed by atoms with E-state index < -0.39 is 11.5 Å². The van der Waals surface area contributed by atoms with Crippen LogP contribution in [0.25, 0.3) is 5.57 Å². The molecule has 0 saturated heterocycles. The molecule has 0 amide bonds. The summed E-state index contributed by atoms with van der Waals surface area (Å²) in [6.45, 7) is 1.98. The van der Waals surface area contributed by atoms with E-state index in [0.29, 0.717) is 10.5 Å². The second-order valence-corrected chi connectivity index (χ2v) is 8.61. The Hall–Kier alpha value is -4.03. The van der Waals surface area contributed by atoms with Crippen LogP contribution in [0.4, 0.5) is 0 Å². The number of allylic oxidation sites excluding steroid dienone is 1. The molecule has 168 valence electrons. The Labute approximate surface area is 201 Å². The predicted molar refractivity (Wildman–Crippen MR) is 132 cm³/mol. The lowest BCUT2D eigenvalue weighted by Gasteiger charge is -2.31. The van der Waals surface area contributed by atoms with Crippen LogP contribution in [0.15, 0.2) is 107 Å². The number of carbonyl (C=O) groups is 2. The van der Waals surface area contributed by atoms with Crippen LogP contribution in [-0.2, 0) is 15.1 Å². The summed E-state index contributed by atoms with van der Waals surface area (Å²) < 4.78 is 6.65. The van der Waals surface area contributed by atoms with Crippen LogP contribution < -0.4 is 4.80 Å². The zero-order valence-corrected chi connectivity index (χ0v) is 19.4. The highest BCUT2D eigenvalue weighted by atomic mass is 32.1. The zero-order valence-electron chi connectivity index (χ0n) is 18.5. The quantitative estimate of drug-likeness (QED) is 0.295. The number of rotatable bonds is 6. The van der Waals surface area contributed by atoms with Gasteiger partial charge in [0.1, 0.15) is 5.54 Å². The summed E-state index contributed by atoms with van der Waals surface area (Å²) in [6.07, 6.45) is 1.33. The molecule has 5 rings (SSSR count). The van der Waals surface area contributed by atoms with E-state index in [1.165, 1.54) is 22.0 Å². The minimum atomic E-state index is -0.900. The topological polar surface area (TPSA) is 60.7 Å². The van der Waals surface area contributed by atoms with Crippen LogP contribution in [0.1, 0.15) is 34.1 Å². The number of thiazole rings is 1. The van der Waals surface area contributed by atoms with Gasteiger partial charge in [-0.2, -0.15) is 0 Å². The number of ether oxygens (including phenoxy) is 1. The molecule has 1 aliphatic rings. The van der Waals surface area contributed by atoms with Gasteiger partial charge in [0.2, 0.25) is 0 Å². The van der Waals surface area contributed by atoms with Gasteiger partial charge < -0.3 is 4.74 Å². The third-order valence-electron chi connectivity index (χ3n) is 5.81. The van der Waals surface area contributed by atoms with Crippen LogP contribution >= 0.6 is 11.3 Å². The van der Waals surface area contributed by atoms with Gasteiger partial charge in [-0.3, -0.25) is 9.36 Å². The molecule has 0 radical (unpaired) electrons. The molecule has 0 N–H and O–H groups in total. The molecule has 0 aliphatic carbocycles. The molecule has 2 heterocycles. The third kappa shape index (κ3) is 3.62. The molecule has 0 bridgehead atoms. The molecule has 3 aromatic carbocycles. The van der Waals surface area contributed by atoms with Gasteiger partial charge >= 0.3 is 5.97 Å². The largest absolute Gasteiger partial charge is 0.462 e. The first-order valence-corrected chi connectivity index (χ1v) is 11.9. The van der Waals surface area contributed by atoms with Gasteiger partial charge in [-0.1, -0.05) is 91.0 Å². The van der Waals surface area contributed by atoms with Crippen LogP contribution in [0, 0.1) is 0 Å². The highest BCUT2D eigenvalue weighted by Gasteiger charge is 2.37. The van der Waals surface area contributed by atoms with Gasteiger partial charge in [0.15, 0.2) is 4.80 Å². The first-order valence-electron chi connectivity index (χ1n) is 11.0. The molecule has 0 atom stereocenters. The fraction of sp³-hybridized carbons (Fsp3) is 0.107. The summed E-state index contributed by atoms with van der Waals surface area (Å²) in [5.74, 6) is -0.812. The van der Waals surface area contributed by atoms with Gasteiger partial charge in [0.25, 0.3) is 5.91 Å². The van der Waals surface area contributed by atoms with E-state index in [0.717, 1.165) is 16.7 Å². The van der Waals surface area contributed by atoms with E-state index in [9.17, 15) is 9.59 Å². The number of benzene rings is 3. The molecule has 0 saturated carbocycles. The molecule has 0 fully saturated rings. The number of aromatic nitrogens is 1. The fourth-order valence-corrected chi connectivity index (χ4v) is 5.23. The highest BCUT2D eigenvalue weighted by molar-refractivity contribution is 7.07. The zero-order chi connectivity index (χ0) is 23.5. The molecule has 1 aliphatic heterocycles. The number of hydrogen-bond acceptors (Lipinski definition) is 5. The summed E-state index contributed by atoms with van der Waals surface area (Å²) in [5, 5.41) is 1.79. The first kappa shape index (κ1) is 21.8. The maximum Gasteiger partial charge on any atom is 0.340 e. The molecular formula is C28H22N2O3S. The Balaban J connectivity index is 1.81. The number of carbonyl (C=O) groups excluding carboxylic acids is 2. The minimum Gasteiger partial charge on any atom is -0.462 e. The molecule has 4 aromatic rings. The molecule has 1 aromatic heterocycles. The van der Waals surface area contributed by atoms with Crippen LogP contribution in [-0.4, -0.2) is 23.1 Å². The molecular weight excluding hydrogens is 444 g/mol. The Morgan fingerprint density at radius 2 is 1.38 bits per heavy atom. The van der Waals surface area contributed by atoms with Crippen molar-refractivity contribution in [2.45, 2.75) is 12.5 Å². The Kier molecular flexibility index (Phi) is 5.82. The Morgan fingerprint density at radius 3 is 1.85 bits per heavy atom. The van der Waals surface area contributed by atoms with Crippen molar-refractivity contribution in [2.24, 2.45) is 4.99 Å². The van der Waals surface area contributed by atoms with Crippen LogP contribution in [0.5, 0.6) is 0 Å². The number of fused-ring (bicyclic) bond motifs is 1. The summed E-state index contributed by atoms with van der Waals surface area (Å²) in [6, 6.07) is 30.1. The molecule has 0 spiro atoms. The van der Waals surface area contributed by atoms with Gasteiger partial charge in [-0.05, 0) is 23.6 Å². The lowest BCUT2D eigenvalue weighted by atomic mass is 9.77. The smallest absolute Gasteiger partial charge is 0.340 e. The minimum absolute atomic E-state index is 0.241. The van der Waals surface area contributed by atoms with Crippen molar-refractivity contribution in [3.8, 4) is 0 Å². The van der Waals surface area contributed by atoms with E-state index in [1.807, 2.05) is 91.0 Å². The Morgan fingerprint density at radius 1 is 0.882 bits per heavy atom. The normalized spacial score (nSPS) is 13.5. The summed E-state index contributed by atoms with van der Waals surface area (Å²) in [5.41, 5.74) is 2.78. The van der Waals surface area contributed by atoms with Crippen molar-refractivity contribution in [2.75, 3.05) is 6.61 Å². The second-order valence-electron chi connectivity index (χ2n) is 7.78. The van der Waals surface area contributed by atoms with E-state index in [1.54, 1.807) is 12.3 Å². The van der Waals surface area contributed by atoms with Crippen molar-refractivity contribution in [3.63, 3.8) is 0 Å². The van der Waals surface area contributed by atoms with Crippen LogP contribution in [0.2, 0.25) is 0 Å². The Bertz CT molecular complexity index is 1340. The fourth-order valence-electron chi connectivity index (χ4n) is 4.30. The van der Waals surface area contributed by atoms with Crippen molar-refractivity contribution in [1.29, 1.82) is 0 Å². The summed E-state index contributed by atoms with van der Waals surface area (Å²) >= 11 is 1.33. The van der Waals surface area contributed by atoms with Gasteiger partial charge in [-0.25, -0.2) is 9.79 Å². The summed E-state index contributed by atoms with van der Waals surface area (Å²) in [7, 11) is 0. The van der Waals surface area contributed by atoms with Gasteiger partial charge in [0.05, 0.1) is 17.9 Å². The number of esters is 1. The van der Waals surface area contributed by atoms with Crippen molar-refractivity contribution >= 4 is 28.8 Å². The predicted octanol–water partition coefficient (Wildman–Crippen LogP) is 5.04. The second kappa shape index (κ2) is 9.08. The lowest BCUT2D eigenvalue weighted by Crippen LogP contribution is -2.32. The number of hydrogen-bond donors (Lipinski definition) is 0. The van der Waals surface area contributed by atoms with E-state index in [-0.39, 0.29) is 18.1 Å². The van der Waals surface area contributed by atoms with Gasteiger partial charge in [0, 0.05) is 11.5 Å². The van der Waals surface area contributed by atoms with Gasteiger partial charge in [-0.15, -0.1) is 11.3 Å². The number of nitrogens with zero attached hydrogens (tertiary/aromatic N) is 2. The molecule has 5 nitrogen and oxygen atoms in total. The van der Waals surface area contributed by atoms with Crippen molar-refractivity contribution < 1.29 is 14.3 Å². The van der Waals surface area contributed by atoms with E-state index >= 15 is 0 Å². The van der Waals surface area contributed by atoms with E-state index in [2.05, 4.69) is 0 Å². The summed E-state index contributed by atoms with van der Waals surface area (Å²) in [4.78, 5) is 31.2. The molecule has 0 unspecified atom stereocenters. The molecule has 34 heavy (non-hydrogen) atoms. The lowest BCUT2D eigenvalue weighted by molar-refractivity contribution is -0.136. The monoisotopic (exact) mass is 466 g/mol. The maximum atomic E-state index is 13.0. The first-order chi connectivity index (χ1) is 16.6. The van der Waals surface area contributed by atoms with Crippen LogP contribution in [0.3, 0.4) is 0 Å². The third-order valence-corrected chi connectivity index (χ3v) is 6.63. The average molecular weight is 467 g/mol. The van der Waals surface area contributed by atoms with Crippen molar-refractivity contribution in [1.82, 2.24) is 4.57 Å². The standard InChI is InChI=1S/C28H22N2O3S/c1-2-33-26(32)23-18-25(31)30-24(23)19-34-27(30)29-28(20-12-6-3-7-13-20,21-14-8-4-9-15-21)22-16-10-5-11-17-22/h3-19H,2H2,1H3. The highest BCUT2D eigenvalue weighted by Crippen LogP contribution is 2.40. The van der Waals surface area contributed by atoms with E-state index in [4.69, 9.17) is 9.73 Å². The average Bonchev–Trinajstić information content (AvgIpc) is 3.45. The van der Waals surface area contributed by atoms with Crippen molar-refractivity contribution in [3.05, 3.63) is 130 Å². The maximum absolute atomic E-state index is 13.0.